The number of amides is 2. The molecule has 3 aliphatic heterocycles. The van der Waals surface area contributed by atoms with Crippen molar-refractivity contribution in [1.29, 1.82) is 0 Å². The third-order valence-corrected chi connectivity index (χ3v) is 11.0. The normalized spacial score (nSPS) is 31.8. The topological polar surface area (TPSA) is 120 Å². The van der Waals surface area contributed by atoms with E-state index < -0.39 is 36.0 Å². The first-order chi connectivity index (χ1) is 23.4. The van der Waals surface area contributed by atoms with Crippen LogP contribution in [0, 0.1) is 11.8 Å². The van der Waals surface area contributed by atoms with Crippen molar-refractivity contribution in [2.24, 2.45) is 11.8 Å². The highest BCUT2D eigenvalue weighted by Crippen LogP contribution is 2.28. The van der Waals surface area contributed by atoms with Crippen LogP contribution in [0.2, 0.25) is 0 Å². The highest BCUT2D eigenvalue weighted by Gasteiger charge is 2.37. The molecule has 49 heavy (non-hydrogen) atoms. The highest BCUT2D eigenvalue weighted by atomic mass is 16.6. The number of aliphatic hydroxyl groups excluding tert-OH is 1. The second-order valence-electron chi connectivity index (χ2n) is 15.3. The largest absolute Gasteiger partial charge is 0.457 e. The molecule has 1 saturated carbocycles. The minimum atomic E-state index is -1.45. The summed E-state index contributed by atoms with van der Waals surface area (Å²) in [7, 11) is 0. The van der Waals surface area contributed by atoms with E-state index in [1.165, 1.54) is 38.5 Å². The van der Waals surface area contributed by atoms with E-state index in [-0.39, 0.29) is 37.0 Å². The minimum Gasteiger partial charge on any atom is -0.457 e. The molecule has 2 saturated heterocycles. The van der Waals surface area contributed by atoms with Crippen LogP contribution in [0.15, 0.2) is 36.0 Å². The lowest BCUT2D eigenvalue weighted by Gasteiger charge is -2.40. The summed E-state index contributed by atoms with van der Waals surface area (Å²) in [5.74, 6) is -0.377. The molecule has 276 valence electrons. The lowest BCUT2D eigenvalue weighted by Crippen LogP contribution is -2.53. The quantitative estimate of drug-likeness (QED) is 0.143. The molecule has 0 bridgehead atoms. The van der Waals surface area contributed by atoms with Crippen LogP contribution in [0.25, 0.3) is 0 Å². The number of esters is 1. The summed E-state index contributed by atoms with van der Waals surface area (Å²) in [6, 6.07) is 0.595. The lowest BCUT2D eigenvalue weighted by atomic mass is 9.88. The molecular formula is C39H63N3O7. The number of piperazine rings is 1. The van der Waals surface area contributed by atoms with Gasteiger partial charge in [-0.15, -0.1) is 0 Å². The third kappa shape index (κ3) is 12.2. The number of nitrogens with zero attached hydrogens (tertiary/aromatic N) is 3. The van der Waals surface area contributed by atoms with Gasteiger partial charge >= 0.3 is 12.1 Å². The van der Waals surface area contributed by atoms with E-state index in [9.17, 15) is 24.6 Å². The van der Waals surface area contributed by atoms with E-state index in [4.69, 9.17) is 9.47 Å². The highest BCUT2D eigenvalue weighted by molar-refractivity contribution is 5.76. The van der Waals surface area contributed by atoms with E-state index in [1.807, 2.05) is 37.0 Å². The first-order valence-electron chi connectivity index (χ1n) is 19.0. The Labute approximate surface area is 294 Å². The molecule has 0 aromatic carbocycles. The maximum absolute atomic E-state index is 13.4. The number of carbonyl (C=O) groups is 3. The van der Waals surface area contributed by atoms with Gasteiger partial charge in [0.1, 0.15) is 11.7 Å². The molecule has 0 radical (unpaired) electrons. The number of cyclic esters (lactones) is 1. The van der Waals surface area contributed by atoms with Gasteiger partial charge in [-0.3, -0.25) is 14.5 Å². The summed E-state index contributed by atoms with van der Waals surface area (Å²) in [6.07, 6.45) is 17.7. The molecule has 3 heterocycles. The van der Waals surface area contributed by atoms with E-state index >= 15 is 0 Å². The molecule has 10 nitrogen and oxygen atoms in total. The Morgan fingerprint density at radius 2 is 1.67 bits per heavy atom. The van der Waals surface area contributed by atoms with Crippen molar-refractivity contribution < 1.29 is 34.1 Å². The van der Waals surface area contributed by atoms with Crippen molar-refractivity contribution in [1.82, 2.24) is 14.7 Å². The Balaban J connectivity index is 1.40. The minimum absolute atomic E-state index is 0.141. The third-order valence-electron chi connectivity index (χ3n) is 11.0. The predicted octanol–water partition coefficient (Wildman–Crippen LogP) is 5.77. The van der Waals surface area contributed by atoms with Gasteiger partial charge in [0.05, 0.1) is 12.5 Å². The number of ether oxygens (including phenoxy) is 2. The van der Waals surface area contributed by atoms with Crippen LogP contribution in [-0.2, 0) is 19.1 Å². The summed E-state index contributed by atoms with van der Waals surface area (Å²) in [5, 5.41) is 22.2. The molecule has 3 fully saturated rings. The molecule has 0 spiro atoms. The van der Waals surface area contributed by atoms with Crippen LogP contribution in [0.4, 0.5) is 4.79 Å². The van der Waals surface area contributed by atoms with Gasteiger partial charge in [0.2, 0.25) is 5.91 Å². The van der Waals surface area contributed by atoms with E-state index in [1.54, 1.807) is 17.9 Å². The summed E-state index contributed by atoms with van der Waals surface area (Å²) in [5.41, 5.74) is -0.631. The number of rotatable bonds is 8. The molecule has 2 amide bonds. The number of hydrogen-bond donors (Lipinski definition) is 2. The van der Waals surface area contributed by atoms with E-state index in [0.29, 0.717) is 25.6 Å². The summed E-state index contributed by atoms with van der Waals surface area (Å²) >= 11 is 0. The Morgan fingerprint density at radius 3 is 2.35 bits per heavy atom. The van der Waals surface area contributed by atoms with Crippen LogP contribution in [0.1, 0.15) is 111 Å². The maximum Gasteiger partial charge on any atom is 0.410 e. The number of carbonyl (C=O) groups excluding carboxylic acids is 3. The van der Waals surface area contributed by atoms with Gasteiger partial charge < -0.3 is 29.5 Å². The molecule has 0 aromatic heterocycles. The average molecular weight is 686 g/mol. The smallest absolute Gasteiger partial charge is 0.410 e. The predicted molar refractivity (Wildman–Crippen MR) is 191 cm³/mol. The van der Waals surface area contributed by atoms with Crippen molar-refractivity contribution in [3.63, 3.8) is 0 Å². The van der Waals surface area contributed by atoms with Gasteiger partial charge in [-0.05, 0) is 76.4 Å². The standard InChI is InChI=1S/C39H63N3O7/c1-29(16-19-35(44)41-22-9-10-23-41)12-11-13-30(2)37-31(3)17-18-34(39(4,47)21-20-33(43)28-36(45)49-37)48-38(46)42-26-24-40(25-27-42)32-14-7-5-6-8-15-32/h11-13,17-18,29,31-34,37,43,47H,5-10,14-16,19-28H2,1-4H3/b12-11+,18-17+,30-13+/t29-,31+,33-,34+,37-,39-/m1/s1. The lowest BCUT2D eigenvalue weighted by molar-refractivity contribution is -0.151. The van der Waals surface area contributed by atoms with Crippen molar-refractivity contribution in [2.45, 2.75) is 141 Å². The molecule has 4 aliphatic rings. The first kappa shape index (κ1) is 39.1. The van der Waals surface area contributed by atoms with Crippen LogP contribution in [-0.4, -0.2) is 112 Å². The molecule has 6 atom stereocenters. The molecular weight excluding hydrogens is 622 g/mol. The molecule has 1 aliphatic carbocycles. The van der Waals surface area contributed by atoms with Gasteiger partial charge in [-0.2, -0.15) is 0 Å². The first-order valence-corrected chi connectivity index (χ1v) is 19.0. The van der Waals surface area contributed by atoms with Crippen LogP contribution in [0.3, 0.4) is 0 Å². The molecule has 10 heteroatoms. The second kappa shape index (κ2) is 19.1. The van der Waals surface area contributed by atoms with Crippen molar-refractivity contribution >= 4 is 18.0 Å². The van der Waals surface area contributed by atoms with Gasteiger partial charge in [0.15, 0.2) is 6.10 Å². The number of allylic oxidation sites excluding steroid dienone is 3. The summed E-state index contributed by atoms with van der Waals surface area (Å²) in [6.45, 7) is 12.1. The fraction of sp³-hybridized carbons (Fsp3) is 0.769. The molecule has 4 rings (SSSR count). The van der Waals surface area contributed by atoms with Crippen LogP contribution in [0.5, 0.6) is 0 Å². The maximum atomic E-state index is 13.4. The van der Waals surface area contributed by atoms with Gasteiger partial charge in [-0.25, -0.2) is 4.79 Å². The zero-order chi connectivity index (χ0) is 35.4. The van der Waals surface area contributed by atoms with Crippen molar-refractivity contribution in [3.8, 4) is 0 Å². The fourth-order valence-corrected chi connectivity index (χ4v) is 7.59. The van der Waals surface area contributed by atoms with Crippen LogP contribution >= 0.6 is 0 Å². The Kier molecular flexibility index (Phi) is 15.2. The number of likely N-dealkylation sites (tertiary alicyclic amines) is 1. The van der Waals surface area contributed by atoms with Gasteiger partial charge in [0.25, 0.3) is 0 Å². The monoisotopic (exact) mass is 685 g/mol. The molecule has 0 unspecified atom stereocenters. The van der Waals surface area contributed by atoms with E-state index in [2.05, 4.69) is 17.9 Å². The Morgan fingerprint density at radius 1 is 1.00 bits per heavy atom. The Hall–Kier alpha value is -2.69. The molecule has 0 aromatic rings. The fourth-order valence-electron chi connectivity index (χ4n) is 7.59. The summed E-state index contributed by atoms with van der Waals surface area (Å²) in [4.78, 5) is 45.0. The SMILES string of the molecule is C/C(=C\C=C\[C@@H](C)CCC(=O)N1CCCC1)[C@H]1OC(=O)C[C@H](O)CC[C@@](C)(O)[C@@H](OC(=O)N2CCN(C3CCCCCC3)CC2)/C=C/[C@@H]1C. The van der Waals surface area contributed by atoms with Crippen molar-refractivity contribution in [2.75, 3.05) is 39.3 Å². The zero-order valence-electron chi connectivity index (χ0n) is 30.6. The number of hydrogen-bond acceptors (Lipinski definition) is 8. The van der Waals surface area contributed by atoms with Crippen LogP contribution < -0.4 is 0 Å². The average Bonchev–Trinajstić information content (AvgIpc) is 3.49. The van der Waals surface area contributed by atoms with Gasteiger partial charge in [0, 0.05) is 57.6 Å². The van der Waals surface area contributed by atoms with Gasteiger partial charge in [-0.1, -0.05) is 63.8 Å². The zero-order valence-corrected chi connectivity index (χ0v) is 30.6. The van der Waals surface area contributed by atoms with E-state index in [0.717, 1.165) is 51.0 Å². The summed E-state index contributed by atoms with van der Waals surface area (Å²) < 4.78 is 11.9. The Bertz CT molecular complexity index is 1160. The molecule has 2 N–H and O–H groups in total. The van der Waals surface area contributed by atoms with Crippen molar-refractivity contribution in [3.05, 3.63) is 36.0 Å². The number of aliphatic hydroxyl groups is 2. The second-order valence-corrected chi connectivity index (χ2v) is 15.3.